The van der Waals surface area contributed by atoms with Crippen molar-refractivity contribution >= 4 is 10.9 Å². The van der Waals surface area contributed by atoms with Gasteiger partial charge in [-0.3, -0.25) is 5.10 Å². The van der Waals surface area contributed by atoms with Crippen molar-refractivity contribution in [1.82, 2.24) is 10.2 Å². The summed E-state index contributed by atoms with van der Waals surface area (Å²) < 4.78 is 0. The Morgan fingerprint density at radius 1 is 1.11 bits per heavy atom. The van der Waals surface area contributed by atoms with Crippen LogP contribution in [0.15, 0.2) is 24.4 Å². The highest BCUT2D eigenvalue weighted by atomic mass is 15.1. The Hall–Kier alpha value is -1.31. The van der Waals surface area contributed by atoms with Gasteiger partial charge < -0.3 is 0 Å². The van der Waals surface area contributed by atoms with Crippen molar-refractivity contribution in [3.05, 3.63) is 30.0 Å². The summed E-state index contributed by atoms with van der Waals surface area (Å²) in [5, 5.41) is 8.56. The average molecular weight is 242 g/mol. The van der Waals surface area contributed by atoms with Crippen LogP contribution in [0.4, 0.5) is 0 Å². The molecule has 2 nitrogen and oxygen atoms in total. The van der Waals surface area contributed by atoms with Gasteiger partial charge >= 0.3 is 0 Å². The van der Waals surface area contributed by atoms with E-state index in [9.17, 15) is 0 Å². The summed E-state index contributed by atoms with van der Waals surface area (Å²) in [5.41, 5.74) is 3.45. The third kappa shape index (κ3) is 1.58. The molecular formula is C16H22N2. The molecule has 0 aliphatic heterocycles. The SMILES string of the molecule is CC1(C)CC(c2cccc3[nH]ncc23)CC1(C)C. The summed E-state index contributed by atoms with van der Waals surface area (Å²) in [6, 6.07) is 6.53. The highest BCUT2D eigenvalue weighted by Crippen LogP contribution is 2.58. The van der Waals surface area contributed by atoms with Crippen LogP contribution in [0.5, 0.6) is 0 Å². The fraction of sp³-hybridized carbons (Fsp3) is 0.562. The van der Waals surface area contributed by atoms with Gasteiger partial charge in [0.2, 0.25) is 0 Å². The van der Waals surface area contributed by atoms with Crippen LogP contribution in [-0.4, -0.2) is 10.2 Å². The number of aromatic nitrogens is 2. The third-order valence-electron chi connectivity index (χ3n) is 5.30. The molecule has 2 aromatic rings. The molecular weight excluding hydrogens is 220 g/mol. The molecule has 2 heteroatoms. The third-order valence-corrected chi connectivity index (χ3v) is 5.30. The van der Waals surface area contributed by atoms with Crippen LogP contribution in [0.1, 0.15) is 52.0 Å². The van der Waals surface area contributed by atoms with Crippen molar-refractivity contribution < 1.29 is 0 Å². The molecule has 0 amide bonds. The fourth-order valence-corrected chi connectivity index (χ4v) is 3.42. The lowest BCUT2D eigenvalue weighted by Crippen LogP contribution is -2.25. The molecule has 0 unspecified atom stereocenters. The lowest BCUT2D eigenvalue weighted by Gasteiger charge is -2.34. The second-order valence-corrected chi connectivity index (χ2v) is 7.05. The molecule has 0 spiro atoms. The molecule has 0 atom stereocenters. The first kappa shape index (κ1) is 11.8. The zero-order valence-corrected chi connectivity index (χ0v) is 11.7. The van der Waals surface area contributed by atoms with Crippen LogP contribution in [-0.2, 0) is 0 Å². The summed E-state index contributed by atoms with van der Waals surface area (Å²) in [7, 11) is 0. The minimum atomic E-state index is 0.406. The summed E-state index contributed by atoms with van der Waals surface area (Å²) in [5.74, 6) is 0.663. The maximum atomic E-state index is 4.18. The number of hydrogen-bond acceptors (Lipinski definition) is 1. The van der Waals surface area contributed by atoms with Gasteiger partial charge in [-0.15, -0.1) is 0 Å². The van der Waals surface area contributed by atoms with Gasteiger partial charge in [0.15, 0.2) is 0 Å². The monoisotopic (exact) mass is 242 g/mol. The highest BCUT2D eigenvalue weighted by Gasteiger charge is 2.46. The van der Waals surface area contributed by atoms with Crippen LogP contribution in [0.2, 0.25) is 0 Å². The fourth-order valence-electron chi connectivity index (χ4n) is 3.42. The van der Waals surface area contributed by atoms with E-state index < -0.39 is 0 Å². The van der Waals surface area contributed by atoms with Gasteiger partial charge in [-0.1, -0.05) is 39.8 Å². The number of H-pyrrole nitrogens is 1. The van der Waals surface area contributed by atoms with Gasteiger partial charge in [0.25, 0.3) is 0 Å². The zero-order chi connectivity index (χ0) is 13.0. The van der Waals surface area contributed by atoms with Crippen molar-refractivity contribution in [2.24, 2.45) is 10.8 Å². The van der Waals surface area contributed by atoms with Gasteiger partial charge in [0.05, 0.1) is 11.7 Å². The van der Waals surface area contributed by atoms with Crippen molar-refractivity contribution in [2.45, 2.75) is 46.5 Å². The number of nitrogens with zero attached hydrogens (tertiary/aromatic N) is 1. The predicted molar refractivity (Wildman–Crippen MR) is 75.6 cm³/mol. The van der Waals surface area contributed by atoms with E-state index in [0.717, 1.165) is 5.52 Å². The Labute approximate surface area is 109 Å². The molecule has 96 valence electrons. The van der Waals surface area contributed by atoms with Crippen LogP contribution in [0, 0.1) is 10.8 Å². The topological polar surface area (TPSA) is 28.7 Å². The van der Waals surface area contributed by atoms with Crippen molar-refractivity contribution in [1.29, 1.82) is 0 Å². The molecule has 0 saturated heterocycles. The van der Waals surface area contributed by atoms with E-state index in [4.69, 9.17) is 0 Å². The van der Waals surface area contributed by atoms with E-state index in [-0.39, 0.29) is 0 Å². The van der Waals surface area contributed by atoms with E-state index in [1.807, 2.05) is 6.20 Å². The van der Waals surface area contributed by atoms with Gasteiger partial charge in [0.1, 0.15) is 0 Å². The molecule has 1 N–H and O–H groups in total. The maximum absolute atomic E-state index is 4.18. The van der Waals surface area contributed by atoms with Crippen molar-refractivity contribution in [3.8, 4) is 0 Å². The largest absolute Gasteiger partial charge is 0.278 e. The normalized spacial score (nSPS) is 22.7. The standard InChI is InChI=1S/C16H22N2/c1-15(2)8-11(9-16(15,3)4)12-6-5-7-14-13(12)10-17-18-14/h5-7,10-11H,8-9H2,1-4H3,(H,17,18). The Morgan fingerprint density at radius 3 is 2.44 bits per heavy atom. The molecule has 1 saturated carbocycles. The van der Waals surface area contributed by atoms with E-state index in [1.54, 1.807) is 0 Å². The number of aromatic amines is 1. The molecule has 18 heavy (non-hydrogen) atoms. The summed E-state index contributed by atoms with van der Waals surface area (Å²) in [6.07, 6.45) is 4.51. The summed E-state index contributed by atoms with van der Waals surface area (Å²) >= 11 is 0. The van der Waals surface area contributed by atoms with Crippen molar-refractivity contribution in [3.63, 3.8) is 0 Å². The molecule has 3 rings (SSSR count). The molecule has 0 radical (unpaired) electrons. The Bertz CT molecular complexity index is 562. The smallest absolute Gasteiger partial charge is 0.0653 e. The maximum Gasteiger partial charge on any atom is 0.0653 e. The predicted octanol–water partition coefficient (Wildman–Crippen LogP) is 4.49. The Kier molecular flexibility index (Phi) is 2.35. The van der Waals surface area contributed by atoms with E-state index in [0.29, 0.717) is 16.7 Å². The Morgan fingerprint density at radius 2 is 1.78 bits per heavy atom. The average Bonchev–Trinajstić information content (AvgIpc) is 2.81. The number of fused-ring (bicyclic) bond motifs is 1. The van der Waals surface area contributed by atoms with E-state index >= 15 is 0 Å². The summed E-state index contributed by atoms with van der Waals surface area (Å²) in [6.45, 7) is 9.62. The van der Waals surface area contributed by atoms with Gasteiger partial charge in [-0.05, 0) is 41.2 Å². The van der Waals surface area contributed by atoms with Crippen LogP contribution in [0.3, 0.4) is 0 Å². The van der Waals surface area contributed by atoms with Gasteiger partial charge in [0, 0.05) is 5.39 Å². The summed E-state index contributed by atoms with van der Waals surface area (Å²) in [4.78, 5) is 0. The second kappa shape index (κ2) is 3.59. The molecule has 1 aromatic heterocycles. The number of nitrogens with one attached hydrogen (secondary N) is 1. The lowest BCUT2D eigenvalue weighted by atomic mass is 9.71. The van der Waals surface area contributed by atoms with Crippen LogP contribution < -0.4 is 0 Å². The molecule has 1 fully saturated rings. The number of hydrogen-bond donors (Lipinski definition) is 1. The zero-order valence-electron chi connectivity index (χ0n) is 11.7. The van der Waals surface area contributed by atoms with Gasteiger partial charge in [-0.2, -0.15) is 5.10 Å². The van der Waals surface area contributed by atoms with E-state index in [2.05, 4.69) is 56.1 Å². The van der Waals surface area contributed by atoms with Gasteiger partial charge in [-0.25, -0.2) is 0 Å². The van der Waals surface area contributed by atoms with Crippen LogP contribution in [0.25, 0.3) is 10.9 Å². The first-order valence-electron chi connectivity index (χ1n) is 6.83. The number of benzene rings is 1. The second-order valence-electron chi connectivity index (χ2n) is 7.05. The Balaban J connectivity index is 2.05. The van der Waals surface area contributed by atoms with Crippen molar-refractivity contribution in [2.75, 3.05) is 0 Å². The minimum Gasteiger partial charge on any atom is -0.278 e. The molecule has 0 bridgehead atoms. The molecule has 1 aliphatic carbocycles. The molecule has 1 aromatic carbocycles. The minimum absolute atomic E-state index is 0.406. The molecule has 1 heterocycles. The van der Waals surface area contributed by atoms with Crippen LogP contribution >= 0.6 is 0 Å². The molecule has 1 aliphatic rings. The van der Waals surface area contributed by atoms with E-state index in [1.165, 1.54) is 23.8 Å². The first-order chi connectivity index (χ1) is 8.41. The lowest BCUT2D eigenvalue weighted by molar-refractivity contribution is 0.157. The number of rotatable bonds is 1. The highest BCUT2D eigenvalue weighted by molar-refractivity contribution is 5.82. The quantitative estimate of drug-likeness (QED) is 0.784. The first-order valence-corrected chi connectivity index (χ1v) is 6.83.